The molecule has 4 rings (SSSR count). The third kappa shape index (κ3) is 5.85. The van der Waals surface area contributed by atoms with Crippen LogP contribution in [0.3, 0.4) is 0 Å². The Kier molecular flexibility index (Phi) is 6.89. The van der Waals surface area contributed by atoms with Crippen molar-refractivity contribution in [2.75, 3.05) is 6.61 Å². The summed E-state index contributed by atoms with van der Waals surface area (Å²) >= 11 is 5.74. The van der Waals surface area contributed by atoms with Crippen molar-refractivity contribution >= 4 is 17.6 Å². The van der Waals surface area contributed by atoms with Gasteiger partial charge in [-0.05, 0) is 44.7 Å². The van der Waals surface area contributed by atoms with Crippen molar-refractivity contribution in [2.24, 2.45) is 5.92 Å². The van der Waals surface area contributed by atoms with E-state index in [-0.39, 0.29) is 23.7 Å². The normalized spacial score (nSPS) is 17.6. The summed E-state index contributed by atoms with van der Waals surface area (Å²) in [6.45, 7) is 5.98. The standard InChI is InChI=1S/C21H26ClFN8O2/c1-21(2)8-14(5-6-33-21)11-30-18(26-12-28-30)9-24-20(32)25-10-19-27-13-29-31(19)15-3-4-16(22)17(23)7-15/h3-4,7,12-14H,5-6,8-11H2,1-2H3,(H2,24,25,32). The first-order chi connectivity index (χ1) is 15.8. The van der Waals surface area contributed by atoms with Crippen LogP contribution < -0.4 is 10.6 Å². The van der Waals surface area contributed by atoms with Crippen LogP contribution in [-0.4, -0.2) is 47.8 Å². The van der Waals surface area contributed by atoms with E-state index >= 15 is 0 Å². The summed E-state index contributed by atoms with van der Waals surface area (Å²) < 4.78 is 22.8. The number of urea groups is 1. The number of hydrogen-bond acceptors (Lipinski definition) is 6. The number of rotatable bonds is 7. The van der Waals surface area contributed by atoms with E-state index in [1.807, 2.05) is 4.68 Å². The fourth-order valence-corrected chi connectivity index (χ4v) is 4.05. The second kappa shape index (κ2) is 9.84. The van der Waals surface area contributed by atoms with E-state index in [1.165, 1.54) is 29.5 Å². The first-order valence-corrected chi connectivity index (χ1v) is 11.1. The summed E-state index contributed by atoms with van der Waals surface area (Å²) in [5.41, 5.74) is 0.316. The molecule has 1 aromatic carbocycles. The van der Waals surface area contributed by atoms with Crippen molar-refractivity contribution in [1.29, 1.82) is 0 Å². The topological polar surface area (TPSA) is 112 Å². The highest BCUT2D eigenvalue weighted by Gasteiger charge is 2.29. The largest absolute Gasteiger partial charge is 0.376 e. The third-order valence-corrected chi connectivity index (χ3v) is 5.81. The molecule has 1 unspecified atom stereocenters. The van der Waals surface area contributed by atoms with E-state index in [4.69, 9.17) is 16.3 Å². The summed E-state index contributed by atoms with van der Waals surface area (Å²) in [6.07, 6.45) is 4.74. The van der Waals surface area contributed by atoms with E-state index in [1.54, 1.807) is 6.07 Å². The number of halogens is 2. The molecule has 2 amide bonds. The Hall–Kier alpha value is -3.05. The van der Waals surface area contributed by atoms with E-state index < -0.39 is 11.8 Å². The zero-order valence-electron chi connectivity index (χ0n) is 18.5. The Balaban J connectivity index is 1.30. The van der Waals surface area contributed by atoms with E-state index in [0.29, 0.717) is 23.3 Å². The molecule has 0 spiro atoms. The van der Waals surface area contributed by atoms with Gasteiger partial charge in [0.25, 0.3) is 0 Å². The minimum atomic E-state index is -0.560. The molecule has 1 fully saturated rings. The monoisotopic (exact) mass is 476 g/mol. The lowest BCUT2D eigenvalue weighted by Gasteiger charge is -2.35. The van der Waals surface area contributed by atoms with E-state index in [9.17, 15) is 9.18 Å². The van der Waals surface area contributed by atoms with Crippen LogP contribution in [0, 0.1) is 11.7 Å². The highest BCUT2D eigenvalue weighted by molar-refractivity contribution is 6.30. The van der Waals surface area contributed by atoms with Gasteiger partial charge in [-0.25, -0.2) is 28.5 Å². The molecule has 0 bridgehead atoms. The van der Waals surface area contributed by atoms with Crippen LogP contribution in [0.5, 0.6) is 0 Å². The highest BCUT2D eigenvalue weighted by Crippen LogP contribution is 2.29. The molecule has 0 aliphatic carbocycles. The zero-order valence-corrected chi connectivity index (χ0v) is 19.2. The van der Waals surface area contributed by atoms with Crippen LogP contribution in [0.25, 0.3) is 5.69 Å². The molecule has 10 nitrogen and oxygen atoms in total. The summed E-state index contributed by atoms with van der Waals surface area (Å²) in [7, 11) is 0. The Labute approximate surface area is 195 Å². The predicted octanol–water partition coefficient (Wildman–Crippen LogP) is 2.86. The molecule has 3 heterocycles. The first-order valence-electron chi connectivity index (χ1n) is 10.7. The predicted molar refractivity (Wildman–Crippen MR) is 118 cm³/mol. The van der Waals surface area contributed by atoms with Gasteiger partial charge in [0.05, 0.1) is 29.4 Å². The summed E-state index contributed by atoms with van der Waals surface area (Å²) in [5.74, 6) is 0.994. The Morgan fingerprint density at radius 1 is 1.21 bits per heavy atom. The molecule has 2 N–H and O–H groups in total. The van der Waals surface area contributed by atoms with Crippen LogP contribution in [0.4, 0.5) is 9.18 Å². The lowest BCUT2D eigenvalue weighted by molar-refractivity contribution is -0.0754. The molecule has 0 saturated carbocycles. The maximum atomic E-state index is 13.8. The first kappa shape index (κ1) is 23.1. The van der Waals surface area contributed by atoms with Gasteiger partial charge in [-0.2, -0.15) is 10.2 Å². The van der Waals surface area contributed by atoms with Gasteiger partial charge in [0.15, 0.2) is 5.82 Å². The lowest BCUT2D eigenvalue weighted by Crippen LogP contribution is -2.37. The second-order valence-corrected chi connectivity index (χ2v) is 8.96. The molecule has 2 aromatic heterocycles. The molecule has 33 heavy (non-hydrogen) atoms. The maximum Gasteiger partial charge on any atom is 0.315 e. The molecule has 1 aliphatic rings. The van der Waals surface area contributed by atoms with Crippen LogP contribution in [0.2, 0.25) is 5.02 Å². The van der Waals surface area contributed by atoms with Crippen molar-refractivity contribution in [3.8, 4) is 5.69 Å². The average Bonchev–Trinajstić information content (AvgIpc) is 3.41. The van der Waals surface area contributed by atoms with E-state index in [2.05, 4.69) is 44.6 Å². The van der Waals surface area contributed by atoms with Crippen molar-refractivity contribution in [2.45, 2.75) is 51.9 Å². The smallest absolute Gasteiger partial charge is 0.315 e. The third-order valence-electron chi connectivity index (χ3n) is 5.51. The second-order valence-electron chi connectivity index (χ2n) is 8.55. The molecular weight excluding hydrogens is 451 g/mol. The lowest BCUT2D eigenvalue weighted by atomic mass is 9.88. The number of ether oxygens (including phenoxy) is 1. The van der Waals surface area contributed by atoms with Crippen LogP contribution in [-0.2, 0) is 24.4 Å². The fraction of sp³-hybridized carbons (Fsp3) is 0.476. The molecule has 176 valence electrons. The SMILES string of the molecule is CC1(C)CC(Cn2ncnc2CNC(=O)NCc2ncnn2-c2ccc(Cl)c(F)c2)CCO1. The number of amides is 2. The van der Waals surface area contributed by atoms with Gasteiger partial charge < -0.3 is 15.4 Å². The summed E-state index contributed by atoms with van der Waals surface area (Å²) in [5, 5.41) is 13.9. The minimum Gasteiger partial charge on any atom is -0.376 e. The average molecular weight is 477 g/mol. The number of carbonyl (C=O) groups is 1. The zero-order chi connectivity index (χ0) is 23.4. The molecule has 0 radical (unpaired) electrons. The van der Waals surface area contributed by atoms with Gasteiger partial charge in [-0.15, -0.1) is 0 Å². The molecule has 3 aromatic rings. The van der Waals surface area contributed by atoms with Gasteiger partial charge in [-0.3, -0.25) is 0 Å². The van der Waals surface area contributed by atoms with Crippen LogP contribution in [0.1, 0.15) is 38.3 Å². The summed E-state index contributed by atoms with van der Waals surface area (Å²) in [6, 6.07) is 3.92. The van der Waals surface area contributed by atoms with Gasteiger partial charge in [0.2, 0.25) is 0 Å². The van der Waals surface area contributed by atoms with Crippen molar-refractivity contribution in [1.82, 2.24) is 40.2 Å². The van der Waals surface area contributed by atoms with Gasteiger partial charge in [0.1, 0.15) is 24.3 Å². The number of nitrogens with one attached hydrogen (secondary N) is 2. The molecule has 12 heteroatoms. The van der Waals surface area contributed by atoms with Crippen molar-refractivity contribution < 1.29 is 13.9 Å². The summed E-state index contributed by atoms with van der Waals surface area (Å²) in [4.78, 5) is 20.7. The Morgan fingerprint density at radius 2 is 1.94 bits per heavy atom. The molecule has 1 saturated heterocycles. The fourth-order valence-electron chi connectivity index (χ4n) is 3.94. The van der Waals surface area contributed by atoms with Crippen molar-refractivity contribution in [3.05, 3.63) is 53.3 Å². The quantitative estimate of drug-likeness (QED) is 0.542. The highest BCUT2D eigenvalue weighted by atomic mass is 35.5. The molecular formula is C21H26ClFN8O2. The van der Waals surface area contributed by atoms with Crippen LogP contribution in [0.15, 0.2) is 30.9 Å². The Bertz CT molecular complexity index is 1120. The van der Waals surface area contributed by atoms with Crippen LogP contribution >= 0.6 is 11.6 Å². The number of nitrogens with zero attached hydrogens (tertiary/aromatic N) is 6. The number of aromatic nitrogens is 6. The van der Waals surface area contributed by atoms with Gasteiger partial charge >= 0.3 is 6.03 Å². The van der Waals surface area contributed by atoms with Gasteiger partial charge in [0, 0.05) is 19.2 Å². The number of carbonyl (C=O) groups excluding carboxylic acids is 1. The van der Waals surface area contributed by atoms with Gasteiger partial charge in [-0.1, -0.05) is 11.6 Å². The number of benzene rings is 1. The van der Waals surface area contributed by atoms with Crippen molar-refractivity contribution in [3.63, 3.8) is 0 Å². The minimum absolute atomic E-state index is 0.0197. The number of hydrogen-bond donors (Lipinski definition) is 2. The maximum absolute atomic E-state index is 13.8. The molecule has 1 aliphatic heterocycles. The Morgan fingerprint density at radius 3 is 2.70 bits per heavy atom. The van der Waals surface area contributed by atoms with E-state index in [0.717, 1.165) is 26.0 Å². The molecule has 1 atom stereocenters.